The molecule has 0 aliphatic heterocycles. The topological polar surface area (TPSA) is 104 Å². The Labute approximate surface area is 126 Å². The zero-order valence-electron chi connectivity index (χ0n) is 11.5. The summed E-state index contributed by atoms with van der Waals surface area (Å²) >= 11 is 1.19. The van der Waals surface area contributed by atoms with Crippen LogP contribution in [0.1, 0.15) is 27.7 Å². The summed E-state index contributed by atoms with van der Waals surface area (Å²) in [6, 6.07) is 5.81. The van der Waals surface area contributed by atoms with Crippen molar-refractivity contribution in [2.24, 2.45) is 0 Å². The highest BCUT2D eigenvalue weighted by Gasteiger charge is 2.20. The summed E-state index contributed by atoms with van der Waals surface area (Å²) in [6.07, 6.45) is 3.43. The molecule has 7 heteroatoms. The molecule has 0 aromatic carbocycles. The maximum atomic E-state index is 11.9. The van der Waals surface area contributed by atoms with Crippen LogP contribution < -0.4 is 16.4 Å². The van der Waals surface area contributed by atoms with Crippen LogP contribution in [0.15, 0.2) is 24.5 Å². The summed E-state index contributed by atoms with van der Waals surface area (Å²) in [5, 5.41) is 15.6. The van der Waals surface area contributed by atoms with E-state index in [9.17, 15) is 10.1 Å². The molecule has 0 saturated carbocycles. The summed E-state index contributed by atoms with van der Waals surface area (Å²) < 4.78 is 0. The lowest BCUT2D eigenvalue weighted by Crippen LogP contribution is -2.22. The predicted octanol–water partition coefficient (Wildman–Crippen LogP) is 1.96. The molecule has 2 aromatic heterocycles. The monoisotopic (exact) mass is 301 g/mol. The number of nitrogen functional groups attached to an aromatic ring is 1. The number of aromatic nitrogens is 1. The first-order valence-corrected chi connectivity index (χ1v) is 7.22. The van der Waals surface area contributed by atoms with E-state index in [-0.39, 0.29) is 11.6 Å². The molecular formula is C14H15N5OS. The Balaban J connectivity index is 2.21. The molecule has 0 spiro atoms. The average molecular weight is 301 g/mol. The minimum absolute atomic E-state index is 0.224. The highest BCUT2D eigenvalue weighted by atomic mass is 32.1. The van der Waals surface area contributed by atoms with Crippen molar-refractivity contribution in [1.29, 1.82) is 5.26 Å². The van der Waals surface area contributed by atoms with Gasteiger partial charge >= 0.3 is 0 Å². The van der Waals surface area contributed by atoms with Crippen LogP contribution in [0.2, 0.25) is 0 Å². The molecule has 0 fully saturated rings. The van der Waals surface area contributed by atoms with Gasteiger partial charge in [0.2, 0.25) is 0 Å². The van der Waals surface area contributed by atoms with Gasteiger partial charge in [0.05, 0.1) is 5.69 Å². The van der Waals surface area contributed by atoms with Gasteiger partial charge in [-0.3, -0.25) is 9.78 Å². The number of anilines is 2. The largest absolute Gasteiger partial charge is 0.396 e. The van der Waals surface area contributed by atoms with Gasteiger partial charge in [-0.2, -0.15) is 5.26 Å². The van der Waals surface area contributed by atoms with Crippen molar-refractivity contribution in [2.75, 3.05) is 17.6 Å². The minimum atomic E-state index is -0.258. The maximum Gasteiger partial charge on any atom is 0.263 e. The molecule has 2 aromatic rings. The van der Waals surface area contributed by atoms with E-state index < -0.39 is 0 Å². The fourth-order valence-corrected chi connectivity index (χ4v) is 2.76. The second-order valence-corrected chi connectivity index (χ2v) is 5.26. The molecular weight excluding hydrogens is 286 g/mol. The lowest BCUT2D eigenvalue weighted by atomic mass is 10.2. The van der Waals surface area contributed by atoms with E-state index in [4.69, 9.17) is 5.73 Å². The van der Waals surface area contributed by atoms with E-state index in [1.165, 1.54) is 11.3 Å². The third-order valence-corrected chi connectivity index (χ3v) is 3.94. The molecule has 0 aliphatic carbocycles. The third-order valence-electron chi connectivity index (χ3n) is 2.78. The van der Waals surface area contributed by atoms with Crippen LogP contribution in [0.5, 0.6) is 0 Å². The zero-order valence-corrected chi connectivity index (χ0v) is 12.3. The van der Waals surface area contributed by atoms with Crippen LogP contribution in [0.25, 0.3) is 0 Å². The molecule has 0 bridgehead atoms. The van der Waals surface area contributed by atoms with Crippen LogP contribution >= 0.6 is 11.3 Å². The molecule has 21 heavy (non-hydrogen) atoms. The van der Waals surface area contributed by atoms with Gasteiger partial charge in [0.15, 0.2) is 0 Å². The Hall–Kier alpha value is -2.59. The Morgan fingerprint density at radius 2 is 2.38 bits per heavy atom. The molecule has 0 atom stereocenters. The van der Waals surface area contributed by atoms with Gasteiger partial charge in [0.25, 0.3) is 5.91 Å². The molecule has 108 valence electrons. The molecule has 0 saturated heterocycles. The number of pyridine rings is 1. The van der Waals surface area contributed by atoms with E-state index in [1.54, 1.807) is 12.4 Å². The molecule has 0 aliphatic rings. The normalized spacial score (nSPS) is 9.90. The number of carbonyl (C=O) groups excluding carboxylic acids is 1. The van der Waals surface area contributed by atoms with Crippen LogP contribution in [0.4, 0.5) is 10.7 Å². The van der Waals surface area contributed by atoms with Crippen LogP contribution in [-0.2, 0) is 6.54 Å². The van der Waals surface area contributed by atoms with Gasteiger partial charge in [0.1, 0.15) is 21.5 Å². The predicted molar refractivity (Wildman–Crippen MR) is 83.0 cm³/mol. The molecule has 6 nitrogen and oxygen atoms in total. The number of nitrogens with two attached hydrogens (primary N) is 1. The number of rotatable bonds is 5. The number of hydrogen-bond acceptors (Lipinski definition) is 6. The fraction of sp³-hybridized carbons (Fsp3) is 0.214. The SMILES string of the molecule is CCNC(=O)c1sc(NCc2cccnc2)c(C#N)c1N. The highest BCUT2D eigenvalue weighted by molar-refractivity contribution is 7.18. The standard InChI is InChI=1S/C14H15N5OS/c1-2-18-13(20)12-11(16)10(6-15)14(21-12)19-8-9-4-3-5-17-7-9/h3-5,7,19H,2,8,16H2,1H3,(H,18,20). The number of hydrogen-bond donors (Lipinski definition) is 3. The lowest BCUT2D eigenvalue weighted by molar-refractivity contribution is 0.0960. The number of nitrogens with one attached hydrogen (secondary N) is 2. The number of amides is 1. The minimum Gasteiger partial charge on any atom is -0.396 e. The molecule has 1 amide bonds. The number of nitriles is 1. The quantitative estimate of drug-likeness (QED) is 0.783. The first-order chi connectivity index (χ1) is 10.2. The molecule has 4 N–H and O–H groups in total. The maximum absolute atomic E-state index is 11.9. The van der Waals surface area contributed by atoms with Gasteiger partial charge in [0, 0.05) is 25.5 Å². The molecule has 0 radical (unpaired) electrons. The van der Waals surface area contributed by atoms with Gasteiger partial charge < -0.3 is 16.4 Å². The summed E-state index contributed by atoms with van der Waals surface area (Å²) in [4.78, 5) is 16.3. The van der Waals surface area contributed by atoms with E-state index in [2.05, 4.69) is 15.6 Å². The number of carbonyl (C=O) groups is 1. The number of thiophene rings is 1. The van der Waals surface area contributed by atoms with Crippen molar-refractivity contribution >= 4 is 27.9 Å². The first kappa shape index (κ1) is 14.8. The smallest absolute Gasteiger partial charge is 0.263 e. The van der Waals surface area contributed by atoms with E-state index in [1.807, 2.05) is 25.1 Å². The zero-order chi connectivity index (χ0) is 15.2. The first-order valence-electron chi connectivity index (χ1n) is 6.40. The average Bonchev–Trinajstić information content (AvgIpc) is 2.82. The number of nitrogens with zero attached hydrogens (tertiary/aromatic N) is 2. The molecule has 0 unspecified atom stereocenters. The van der Waals surface area contributed by atoms with Crippen LogP contribution in [0, 0.1) is 11.3 Å². The second-order valence-electron chi connectivity index (χ2n) is 4.24. The summed E-state index contributed by atoms with van der Waals surface area (Å²) in [6.45, 7) is 2.85. The Morgan fingerprint density at radius 3 is 3.00 bits per heavy atom. The third kappa shape index (κ3) is 3.30. The van der Waals surface area contributed by atoms with E-state index in [0.29, 0.717) is 28.5 Å². The van der Waals surface area contributed by atoms with Crippen LogP contribution in [-0.4, -0.2) is 17.4 Å². The van der Waals surface area contributed by atoms with Gasteiger partial charge in [-0.15, -0.1) is 11.3 Å². The van der Waals surface area contributed by atoms with Crippen molar-refractivity contribution in [3.63, 3.8) is 0 Å². The fourth-order valence-electron chi connectivity index (χ4n) is 1.77. The van der Waals surface area contributed by atoms with E-state index >= 15 is 0 Å². The van der Waals surface area contributed by atoms with Crippen molar-refractivity contribution in [3.8, 4) is 6.07 Å². The van der Waals surface area contributed by atoms with Gasteiger partial charge in [-0.25, -0.2) is 0 Å². The van der Waals surface area contributed by atoms with Crippen molar-refractivity contribution in [3.05, 3.63) is 40.5 Å². The molecule has 2 heterocycles. The summed E-state index contributed by atoms with van der Waals surface area (Å²) in [5.41, 5.74) is 7.40. The van der Waals surface area contributed by atoms with Crippen LogP contribution in [0.3, 0.4) is 0 Å². The van der Waals surface area contributed by atoms with Gasteiger partial charge in [-0.05, 0) is 18.6 Å². The van der Waals surface area contributed by atoms with Crippen molar-refractivity contribution in [2.45, 2.75) is 13.5 Å². The Kier molecular flexibility index (Phi) is 4.74. The van der Waals surface area contributed by atoms with Gasteiger partial charge in [-0.1, -0.05) is 6.07 Å². The second kappa shape index (κ2) is 6.72. The van der Waals surface area contributed by atoms with Crippen molar-refractivity contribution < 1.29 is 4.79 Å². The van der Waals surface area contributed by atoms with E-state index in [0.717, 1.165) is 5.56 Å². The molecule has 2 rings (SSSR count). The highest BCUT2D eigenvalue weighted by Crippen LogP contribution is 2.35. The Morgan fingerprint density at radius 1 is 1.57 bits per heavy atom. The summed E-state index contributed by atoms with van der Waals surface area (Å²) in [7, 11) is 0. The van der Waals surface area contributed by atoms with Crippen molar-refractivity contribution in [1.82, 2.24) is 10.3 Å². The summed E-state index contributed by atoms with van der Waals surface area (Å²) in [5.74, 6) is -0.258. The Bertz CT molecular complexity index is 675. The lowest BCUT2D eigenvalue weighted by Gasteiger charge is -2.03.